The Labute approximate surface area is 169 Å². The van der Waals surface area contributed by atoms with E-state index in [1.54, 1.807) is 18.2 Å². The topological polar surface area (TPSA) is 59.8 Å². The Morgan fingerprint density at radius 2 is 2.11 bits per heavy atom. The molecule has 0 saturated carbocycles. The Morgan fingerprint density at radius 3 is 2.82 bits per heavy atom. The van der Waals surface area contributed by atoms with E-state index in [1.807, 2.05) is 4.57 Å². The van der Waals surface area contributed by atoms with Crippen LogP contribution < -0.4 is 5.32 Å². The van der Waals surface area contributed by atoms with Crippen molar-refractivity contribution < 1.29 is 9.18 Å². The van der Waals surface area contributed by atoms with Gasteiger partial charge in [-0.15, -0.1) is 16.8 Å². The van der Waals surface area contributed by atoms with Gasteiger partial charge in [0.2, 0.25) is 5.91 Å². The molecule has 0 bridgehead atoms. The average molecular weight is 401 g/mol. The fourth-order valence-electron chi connectivity index (χ4n) is 3.18. The van der Waals surface area contributed by atoms with Crippen LogP contribution in [-0.2, 0) is 11.3 Å². The molecule has 1 N–H and O–H groups in total. The van der Waals surface area contributed by atoms with Crippen molar-refractivity contribution in [3.8, 4) is 11.4 Å². The van der Waals surface area contributed by atoms with Crippen molar-refractivity contribution in [1.82, 2.24) is 20.1 Å². The Morgan fingerprint density at radius 1 is 1.29 bits per heavy atom. The van der Waals surface area contributed by atoms with Gasteiger partial charge in [0.05, 0.1) is 5.75 Å². The largest absolute Gasteiger partial charge is 0.355 e. The van der Waals surface area contributed by atoms with Gasteiger partial charge in [0.25, 0.3) is 0 Å². The van der Waals surface area contributed by atoms with E-state index < -0.39 is 0 Å². The highest BCUT2D eigenvalue weighted by molar-refractivity contribution is 7.99. The standard InChI is InChI=1S/C21H25FN4OS/c1-2-14-26-20(17-8-10-18(22)11-9-17)24-25-21(26)28-15-19(27)23-13-12-16-6-4-3-5-7-16/h2,6,8-11H,1,3-5,7,12-15H2,(H,23,27). The molecule has 0 aliphatic heterocycles. The molecule has 1 amide bonds. The smallest absolute Gasteiger partial charge is 0.230 e. The van der Waals surface area contributed by atoms with E-state index in [-0.39, 0.29) is 17.5 Å². The second-order valence-corrected chi connectivity index (χ2v) is 7.65. The molecule has 1 aromatic carbocycles. The molecule has 28 heavy (non-hydrogen) atoms. The number of amides is 1. The number of nitrogens with one attached hydrogen (secondary N) is 1. The first-order chi connectivity index (χ1) is 13.7. The van der Waals surface area contributed by atoms with Crippen LogP contribution in [0.2, 0.25) is 0 Å². The van der Waals surface area contributed by atoms with Crippen LogP contribution in [0.15, 0.2) is 53.7 Å². The zero-order chi connectivity index (χ0) is 19.8. The van der Waals surface area contributed by atoms with Crippen LogP contribution in [0.1, 0.15) is 32.1 Å². The number of hydrogen-bond donors (Lipinski definition) is 1. The van der Waals surface area contributed by atoms with Gasteiger partial charge in [0.15, 0.2) is 11.0 Å². The average Bonchev–Trinajstić information content (AvgIpc) is 3.11. The van der Waals surface area contributed by atoms with Gasteiger partial charge in [-0.3, -0.25) is 9.36 Å². The van der Waals surface area contributed by atoms with Gasteiger partial charge in [-0.2, -0.15) is 0 Å². The maximum Gasteiger partial charge on any atom is 0.230 e. The molecule has 1 aliphatic carbocycles. The highest BCUT2D eigenvalue weighted by Crippen LogP contribution is 2.24. The molecule has 3 rings (SSSR count). The summed E-state index contributed by atoms with van der Waals surface area (Å²) >= 11 is 1.34. The van der Waals surface area contributed by atoms with Crippen LogP contribution >= 0.6 is 11.8 Å². The van der Waals surface area contributed by atoms with Crippen molar-refractivity contribution >= 4 is 17.7 Å². The Hall–Kier alpha value is -2.41. The number of halogens is 1. The molecule has 0 fully saturated rings. The molecular formula is C21H25FN4OS. The van der Waals surface area contributed by atoms with Gasteiger partial charge in [-0.05, 0) is 56.4 Å². The first kappa shape index (κ1) is 20.3. The lowest BCUT2D eigenvalue weighted by Crippen LogP contribution is -2.26. The lowest BCUT2D eigenvalue weighted by Gasteiger charge is -2.13. The van der Waals surface area contributed by atoms with E-state index in [9.17, 15) is 9.18 Å². The first-order valence-corrected chi connectivity index (χ1v) is 10.5. The molecule has 148 valence electrons. The molecule has 5 nitrogen and oxygen atoms in total. The van der Waals surface area contributed by atoms with Gasteiger partial charge in [0.1, 0.15) is 5.82 Å². The maximum atomic E-state index is 13.2. The number of aromatic nitrogens is 3. The predicted molar refractivity (Wildman–Crippen MR) is 111 cm³/mol. The minimum atomic E-state index is -0.297. The monoisotopic (exact) mass is 400 g/mol. The second kappa shape index (κ2) is 10.2. The van der Waals surface area contributed by atoms with Crippen LogP contribution in [0.4, 0.5) is 4.39 Å². The zero-order valence-corrected chi connectivity index (χ0v) is 16.7. The molecule has 1 aromatic heterocycles. The van der Waals surface area contributed by atoms with Crippen LogP contribution in [0.3, 0.4) is 0 Å². The highest BCUT2D eigenvalue weighted by atomic mass is 32.2. The van der Waals surface area contributed by atoms with E-state index in [4.69, 9.17) is 0 Å². The van der Waals surface area contributed by atoms with Crippen LogP contribution in [0.25, 0.3) is 11.4 Å². The molecule has 0 saturated heterocycles. The summed E-state index contributed by atoms with van der Waals surface area (Å²) in [6.45, 7) is 4.96. The summed E-state index contributed by atoms with van der Waals surface area (Å²) in [6, 6.07) is 6.12. The summed E-state index contributed by atoms with van der Waals surface area (Å²) < 4.78 is 15.1. The Kier molecular flexibility index (Phi) is 7.42. The molecule has 1 aliphatic rings. The third-order valence-electron chi connectivity index (χ3n) is 4.62. The third-order valence-corrected chi connectivity index (χ3v) is 5.58. The number of benzene rings is 1. The number of thioether (sulfide) groups is 1. The minimum absolute atomic E-state index is 0.0158. The molecule has 0 spiro atoms. The molecule has 1 heterocycles. The van der Waals surface area contributed by atoms with Crippen molar-refractivity contribution in [3.63, 3.8) is 0 Å². The lowest BCUT2D eigenvalue weighted by atomic mass is 9.97. The fraction of sp³-hybridized carbons (Fsp3) is 0.381. The third kappa shape index (κ3) is 5.55. The quantitative estimate of drug-likeness (QED) is 0.502. The van der Waals surface area contributed by atoms with Crippen LogP contribution in [-0.4, -0.2) is 33.0 Å². The van der Waals surface area contributed by atoms with Gasteiger partial charge < -0.3 is 5.32 Å². The summed E-state index contributed by atoms with van der Waals surface area (Å²) in [6.07, 6.45) is 9.83. The highest BCUT2D eigenvalue weighted by Gasteiger charge is 2.15. The normalized spacial score (nSPS) is 13.8. The summed E-state index contributed by atoms with van der Waals surface area (Å²) in [4.78, 5) is 12.2. The SMILES string of the molecule is C=CCn1c(SCC(=O)NCCC2=CCCCC2)nnc1-c1ccc(F)cc1. The van der Waals surface area contributed by atoms with Crippen molar-refractivity contribution in [2.24, 2.45) is 0 Å². The van der Waals surface area contributed by atoms with Crippen molar-refractivity contribution in [1.29, 1.82) is 0 Å². The van der Waals surface area contributed by atoms with Gasteiger partial charge in [-0.25, -0.2) is 4.39 Å². The van der Waals surface area contributed by atoms with E-state index >= 15 is 0 Å². The number of carbonyl (C=O) groups is 1. The fourth-order valence-corrected chi connectivity index (χ4v) is 3.95. The molecule has 7 heteroatoms. The van der Waals surface area contributed by atoms with Gasteiger partial charge in [0, 0.05) is 18.7 Å². The summed E-state index contributed by atoms with van der Waals surface area (Å²) in [7, 11) is 0. The first-order valence-electron chi connectivity index (χ1n) is 9.55. The second-order valence-electron chi connectivity index (χ2n) is 6.71. The molecular weight excluding hydrogens is 375 g/mol. The predicted octanol–water partition coefficient (Wildman–Crippen LogP) is 4.37. The van der Waals surface area contributed by atoms with Crippen molar-refractivity contribution in [2.45, 2.75) is 43.8 Å². The van der Waals surface area contributed by atoms with Crippen molar-refractivity contribution in [2.75, 3.05) is 12.3 Å². The molecule has 2 aromatic rings. The number of rotatable bonds is 9. The van der Waals surface area contributed by atoms with Crippen LogP contribution in [0.5, 0.6) is 0 Å². The Bertz CT molecular complexity index is 845. The Balaban J connectivity index is 1.56. The summed E-state index contributed by atoms with van der Waals surface area (Å²) in [5.41, 5.74) is 2.22. The van der Waals surface area contributed by atoms with E-state index in [1.165, 1.54) is 42.3 Å². The molecule has 0 atom stereocenters. The van der Waals surface area contributed by atoms with Crippen LogP contribution in [0, 0.1) is 5.82 Å². The van der Waals surface area contributed by atoms with E-state index in [0.29, 0.717) is 24.1 Å². The zero-order valence-electron chi connectivity index (χ0n) is 15.9. The number of carbonyl (C=O) groups excluding carboxylic acids is 1. The molecule has 0 unspecified atom stereocenters. The number of hydrogen-bond acceptors (Lipinski definition) is 4. The van der Waals surface area contributed by atoms with Gasteiger partial charge in [-0.1, -0.05) is 29.5 Å². The lowest BCUT2D eigenvalue weighted by molar-refractivity contribution is -0.118. The summed E-state index contributed by atoms with van der Waals surface area (Å²) in [5, 5.41) is 12.0. The maximum absolute atomic E-state index is 13.2. The van der Waals surface area contributed by atoms with Crippen molar-refractivity contribution in [3.05, 3.63) is 54.4 Å². The van der Waals surface area contributed by atoms with E-state index in [0.717, 1.165) is 24.8 Å². The summed E-state index contributed by atoms with van der Waals surface area (Å²) in [5.74, 6) is 0.594. The molecule has 0 radical (unpaired) electrons. The van der Waals surface area contributed by atoms with E-state index in [2.05, 4.69) is 28.2 Å². The van der Waals surface area contributed by atoms with Gasteiger partial charge >= 0.3 is 0 Å². The number of nitrogens with zero attached hydrogens (tertiary/aromatic N) is 3. The number of allylic oxidation sites excluding steroid dienone is 2. The minimum Gasteiger partial charge on any atom is -0.355 e.